The summed E-state index contributed by atoms with van der Waals surface area (Å²) in [6.07, 6.45) is 6.69. The molecule has 0 amide bonds. The molecule has 0 aliphatic rings. The van der Waals surface area contributed by atoms with Crippen molar-refractivity contribution in [1.82, 2.24) is 5.32 Å². The number of benzene rings is 1. The number of hydrogen-bond acceptors (Lipinski definition) is 2. The van der Waals surface area contributed by atoms with E-state index >= 15 is 0 Å². The van der Waals surface area contributed by atoms with Crippen LogP contribution in [0.15, 0.2) is 33.6 Å². The summed E-state index contributed by atoms with van der Waals surface area (Å²) in [7, 11) is 0. The van der Waals surface area contributed by atoms with Crippen LogP contribution in [-0.4, -0.2) is 18.3 Å². The third-order valence-electron chi connectivity index (χ3n) is 3.90. The van der Waals surface area contributed by atoms with Crippen LogP contribution in [0.4, 0.5) is 0 Å². The molecular weight excluding hydrogens is 342 g/mol. The first kappa shape index (κ1) is 19.1. The number of hydrogen-bond donors (Lipinski definition) is 1. The third kappa shape index (κ3) is 8.27. The maximum absolute atomic E-state index is 3.68. The molecule has 1 nitrogen and oxygen atoms in total. The summed E-state index contributed by atoms with van der Waals surface area (Å²) >= 11 is 5.52. The molecule has 2 unspecified atom stereocenters. The van der Waals surface area contributed by atoms with Crippen LogP contribution < -0.4 is 5.32 Å². The van der Waals surface area contributed by atoms with E-state index in [2.05, 4.69) is 66.3 Å². The average molecular weight is 372 g/mol. The lowest BCUT2D eigenvalue weighted by Gasteiger charge is -2.23. The highest BCUT2D eigenvalue weighted by Crippen LogP contribution is 2.25. The largest absolute Gasteiger partial charge is 0.313 e. The fourth-order valence-corrected chi connectivity index (χ4v) is 4.22. The van der Waals surface area contributed by atoms with Gasteiger partial charge in [-0.15, -0.1) is 11.8 Å². The molecule has 0 bridgehead atoms. The smallest absolute Gasteiger partial charge is 0.0186 e. The Balaban J connectivity index is 2.48. The maximum atomic E-state index is 3.68. The molecule has 0 heterocycles. The zero-order valence-electron chi connectivity index (χ0n) is 13.7. The molecule has 120 valence electrons. The van der Waals surface area contributed by atoms with E-state index in [-0.39, 0.29) is 0 Å². The van der Waals surface area contributed by atoms with E-state index in [4.69, 9.17) is 0 Å². The lowest BCUT2D eigenvalue weighted by atomic mass is 9.92. The molecule has 1 rings (SSSR count). The Hall–Kier alpha value is 0.01000. The fourth-order valence-electron chi connectivity index (χ4n) is 2.64. The van der Waals surface area contributed by atoms with Crippen molar-refractivity contribution in [3.8, 4) is 0 Å². The van der Waals surface area contributed by atoms with Gasteiger partial charge >= 0.3 is 0 Å². The molecule has 1 aromatic carbocycles. The van der Waals surface area contributed by atoms with Crippen LogP contribution in [0.3, 0.4) is 0 Å². The summed E-state index contributed by atoms with van der Waals surface area (Å²) in [5, 5.41) is 3.68. The van der Waals surface area contributed by atoms with Gasteiger partial charge in [0, 0.05) is 21.2 Å². The molecule has 0 fully saturated rings. The molecule has 3 heteroatoms. The fraction of sp³-hybridized carbons (Fsp3) is 0.667. The van der Waals surface area contributed by atoms with Gasteiger partial charge in [-0.2, -0.15) is 0 Å². The first-order valence-corrected chi connectivity index (χ1v) is 10.1. The Kier molecular flexibility index (Phi) is 10.5. The lowest BCUT2D eigenvalue weighted by Crippen LogP contribution is -2.33. The van der Waals surface area contributed by atoms with Gasteiger partial charge in [0.15, 0.2) is 0 Å². The zero-order chi connectivity index (χ0) is 15.5. The second-order valence-corrected chi connectivity index (χ2v) is 7.68. The predicted molar refractivity (Wildman–Crippen MR) is 100 cm³/mol. The Bertz CT molecular complexity index is 383. The summed E-state index contributed by atoms with van der Waals surface area (Å²) in [5.74, 6) is 2.03. The summed E-state index contributed by atoms with van der Waals surface area (Å²) in [4.78, 5) is 1.36. The first-order chi connectivity index (χ1) is 10.2. The van der Waals surface area contributed by atoms with Gasteiger partial charge < -0.3 is 5.32 Å². The van der Waals surface area contributed by atoms with E-state index in [1.807, 2.05) is 11.8 Å². The van der Waals surface area contributed by atoms with E-state index < -0.39 is 0 Å². The van der Waals surface area contributed by atoms with Crippen molar-refractivity contribution in [3.05, 3.63) is 28.7 Å². The average Bonchev–Trinajstić information content (AvgIpc) is 2.49. The molecule has 1 aromatic rings. The number of thioether (sulfide) groups is 1. The van der Waals surface area contributed by atoms with Crippen molar-refractivity contribution in [2.24, 2.45) is 5.92 Å². The van der Waals surface area contributed by atoms with Gasteiger partial charge in [-0.05, 0) is 37.1 Å². The molecule has 0 radical (unpaired) electrons. The third-order valence-corrected chi connectivity index (χ3v) is 5.55. The minimum atomic E-state index is 0.626. The van der Waals surface area contributed by atoms with Crippen LogP contribution in [0.1, 0.15) is 52.9 Å². The molecule has 0 aliphatic carbocycles. The van der Waals surface area contributed by atoms with Crippen LogP contribution in [0, 0.1) is 5.92 Å². The molecular formula is C18H30BrNS. The highest BCUT2D eigenvalue weighted by molar-refractivity contribution is 9.10. The number of halogens is 1. The van der Waals surface area contributed by atoms with Crippen LogP contribution in [0.5, 0.6) is 0 Å². The van der Waals surface area contributed by atoms with Crippen molar-refractivity contribution in [1.29, 1.82) is 0 Å². The number of nitrogens with one attached hydrogen (secondary N) is 1. The number of rotatable bonds is 11. The van der Waals surface area contributed by atoms with Crippen molar-refractivity contribution in [3.63, 3.8) is 0 Å². The Morgan fingerprint density at radius 1 is 1.24 bits per heavy atom. The Morgan fingerprint density at radius 2 is 2.05 bits per heavy atom. The minimum Gasteiger partial charge on any atom is -0.313 e. The first-order valence-electron chi connectivity index (χ1n) is 8.31. The lowest BCUT2D eigenvalue weighted by molar-refractivity contribution is 0.368. The van der Waals surface area contributed by atoms with Gasteiger partial charge in [-0.1, -0.05) is 68.5 Å². The zero-order valence-corrected chi connectivity index (χ0v) is 16.1. The van der Waals surface area contributed by atoms with Crippen LogP contribution in [-0.2, 0) is 0 Å². The monoisotopic (exact) mass is 371 g/mol. The molecule has 0 aliphatic heterocycles. The topological polar surface area (TPSA) is 12.0 Å². The molecule has 0 aromatic heterocycles. The second kappa shape index (κ2) is 11.6. The van der Waals surface area contributed by atoms with Crippen LogP contribution in [0.2, 0.25) is 0 Å². The molecule has 0 saturated heterocycles. The number of unbranched alkanes of at least 4 members (excludes halogenated alkanes) is 1. The van der Waals surface area contributed by atoms with Crippen molar-refractivity contribution in [2.75, 3.05) is 12.3 Å². The highest BCUT2D eigenvalue weighted by Gasteiger charge is 2.14. The van der Waals surface area contributed by atoms with Gasteiger partial charge in [0.05, 0.1) is 0 Å². The van der Waals surface area contributed by atoms with Crippen LogP contribution >= 0.6 is 27.7 Å². The summed E-state index contributed by atoms with van der Waals surface area (Å²) in [6, 6.07) is 9.24. The van der Waals surface area contributed by atoms with E-state index in [1.54, 1.807) is 0 Å². The van der Waals surface area contributed by atoms with E-state index in [0.29, 0.717) is 6.04 Å². The van der Waals surface area contributed by atoms with Gasteiger partial charge in [0.25, 0.3) is 0 Å². The highest BCUT2D eigenvalue weighted by atomic mass is 79.9. The van der Waals surface area contributed by atoms with Gasteiger partial charge in [0.2, 0.25) is 0 Å². The van der Waals surface area contributed by atoms with Crippen molar-refractivity contribution >= 4 is 27.7 Å². The molecule has 0 saturated carbocycles. The summed E-state index contributed by atoms with van der Waals surface area (Å²) in [5.41, 5.74) is 0. The van der Waals surface area contributed by atoms with Gasteiger partial charge in [-0.25, -0.2) is 0 Å². The normalized spacial score (nSPS) is 14.1. The van der Waals surface area contributed by atoms with E-state index in [1.165, 1.54) is 41.5 Å². The second-order valence-electron chi connectivity index (χ2n) is 5.68. The quantitative estimate of drug-likeness (QED) is 0.469. The molecule has 0 spiro atoms. The Labute approximate surface area is 143 Å². The standard InChI is InChI=1S/C18H30BrNS/c1-4-7-9-15(5-2)12-17(20-6-3)14-21-18-11-8-10-16(19)13-18/h8,10-11,13,15,17,20H,4-7,9,12,14H2,1-3H3. The van der Waals surface area contributed by atoms with Crippen molar-refractivity contribution in [2.45, 2.75) is 63.8 Å². The van der Waals surface area contributed by atoms with Crippen molar-refractivity contribution < 1.29 is 0 Å². The van der Waals surface area contributed by atoms with Gasteiger partial charge in [0.1, 0.15) is 0 Å². The molecule has 2 atom stereocenters. The SMILES string of the molecule is CCCCC(CC)CC(CSc1cccc(Br)c1)NCC. The summed E-state index contributed by atoms with van der Waals surface area (Å²) in [6.45, 7) is 7.90. The summed E-state index contributed by atoms with van der Waals surface area (Å²) < 4.78 is 1.17. The van der Waals surface area contributed by atoms with E-state index in [0.717, 1.165) is 18.2 Å². The van der Waals surface area contributed by atoms with Gasteiger partial charge in [-0.3, -0.25) is 0 Å². The van der Waals surface area contributed by atoms with E-state index in [9.17, 15) is 0 Å². The molecule has 1 N–H and O–H groups in total. The predicted octanol–water partition coefficient (Wildman–Crippen LogP) is 6.13. The Morgan fingerprint density at radius 3 is 2.67 bits per heavy atom. The van der Waals surface area contributed by atoms with Crippen LogP contribution in [0.25, 0.3) is 0 Å². The maximum Gasteiger partial charge on any atom is 0.0186 e. The molecule has 21 heavy (non-hydrogen) atoms. The minimum absolute atomic E-state index is 0.626.